The number of nitrogens with zero attached hydrogens (tertiary/aromatic N) is 6. The lowest BCUT2D eigenvalue weighted by atomic mass is 9.83. The Balaban J connectivity index is 1.02. The molecule has 2 fully saturated rings. The maximum Gasteiger partial charge on any atom is 0.410 e. The Kier molecular flexibility index (Phi) is 19.5. The third-order valence-electron chi connectivity index (χ3n) is 16.6. The van der Waals surface area contributed by atoms with Gasteiger partial charge in [-0.2, -0.15) is 0 Å². The van der Waals surface area contributed by atoms with E-state index >= 15 is 8.78 Å². The Labute approximate surface area is 504 Å². The molecule has 8 amide bonds. The first-order chi connectivity index (χ1) is 40.8. The van der Waals surface area contributed by atoms with Crippen molar-refractivity contribution in [2.75, 3.05) is 81.6 Å². The Morgan fingerprint density at radius 1 is 0.839 bits per heavy atom. The molecule has 0 bridgehead atoms. The van der Waals surface area contributed by atoms with Crippen molar-refractivity contribution in [3.05, 3.63) is 124 Å². The molecule has 8 rings (SSSR count). The largest absolute Gasteiger partial charge is 0.465 e. The summed E-state index contributed by atoms with van der Waals surface area (Å²) in [6, 6.07) is 14.3. The maximum absolute atomic E-state index is 15.1. The molecule has 4 aliphatic rings. The summed E-state index contributed by atoms with van der Waals surface area (Å²) in [5, 5.41) is 20.7. The molecule has 4 heterocycles. The number of halogens is 3. The number of rotatable bonds is 16. The van der Waals surface area contributed by atoms with Gasteiger partial charge in [0, 0.05) is 75.8 Å². The number of amides is 8. The number of ether oxygens (including phenoxy) is 2. The first-order valence-corrected chi connectivity index (χ1v) is 29.1. The van der Waals surface area contributed by atoms with E-state index in [1.165, 1.54) is 43.1 Å². The summed E-state index contributed by atoms with van der Waals surface area (Å²) < 4.78 is 55.3. The molecule has 2 saturated heterocycles. The van der Waals surface area contributed by atoms with E-state index in [0.717, 1.165) is 39.1 Å². The smallest absolute Gasteiger partial charge is 0.410 e. The fourth-order valence-electron chi connectivity index (χ4n) is 11.5. The van der Waals surface area contributed by atoms with E-state index in [2.05, 4.69) is 26.2 Å². The van der Waals surface area contributed by atoms with Crippen LogP contribution in [0.15, 0.2) is 78.9 Å². The predicted octanol–water partition coefficient (Wildman–Crippen LogP) is 6.64. The molecule has 24 heteroatoms. The number of para-hydroxylation sites is 1. The lowest BCUT2D eigenvalue weighted by Crippen LogP contribution is -2.64. The predicted molar refractivity (Wildman–Crippen MR) is 318 cm³/mol. The van der Waals surface area contributed by atoms with Crippen LogP contribution in [0.25, 0.3) is 0 Å². The van der Waals surface area contributed by atoms with Crippen LogP contribution in [0.1, 0.15) is 103 Å². The van der Waals surface area contributed by atoms with Crippen molar-refractivity contribution in [3.63, 3.8) is 0 Å². The van der Waals surface area contributed by atoms with Gasteiger partial charge in [-0.1, -0.05) is 57.2 Å². The molecule has 7 unspecified atom stereocenters. The quantitative estimate of drug-likeness (QED) is 0.0792. The minimum atomic E-state index is -1.58. The number of hydrogen-bond acceptors (Lipinski definition) is 12. The van der Waals surface area contributed by atoms with E-state index in [-0.39, 0.29) is 62.0 Å². The summed E-state index contributed by atoms with van der Waals surface area (Å²) in [7, 11) is 1.37. The number of piperazine rings is 1. The Bertz CT molecular complexity index is 3280. The van der Waals surface area contributed by atoms with Gasteiger partial charge in [-0.15, -0.1) is 0 Å². The minimum absolute atomic E-state index is 0.0674. The summed E-state index contributed by atoms with van der Waals surface area (Å²) in [6.07, 6.45) is -1.46. The number of benzene rings is 4. The van der Waals surface area contributed by atoms with Gasteiger partial charge in [0.15, 0.2) is 0 Å². The number of morpholine rings is 1. The molecule has 87 heavy (non-hydrogen) atoms. The van der Waals surface area contributed by atoms with Gasteiger partial charge in [0.2, 0.25) is 29.5 Å². The fraction of sp³-hybridized carbons (Fsp3) is 0.492. The maximum atomic E-state index is 15.1. The molecule has 0 saturated carbocycles. The number of carboxylic acid groups (broad SMARTS) is 1. The van der Waals surface area contributed by atoms with Crippen LogP contribution in [-0.4, -0.2) is 179 Å². The van der Waals surface area contributed by atoms with Crippen molar-refractivity contribution in [3.8, 4) is 0 Å². The first kappa shape index (κ1) is 64.9. The monoisotopic (exact) mass is 1210 g/mol. The molecular formula is C63H79F3N10O11. The standard InChI is InChI=1S/C63H79F3N10O11/c1-36-29-73(44(32-74(36)59(83)84)31-72-23-24-86-34-37(72)2)33-51(78)76-35-63(10,46-22-17-40(26-49(46)76)25-39-15-19-42(64)20-16-39)58(82)67-28-50(77)68-43-21-18-41-30-75(53(45(41)27-43)56(80)69-52-47(65)13-12-14-48(52)66)57(81)54(61(4,5)6)70-55(79)38(3)71(11)60(85)87-62(7,8)9/h12-22,26-27,36-38,44,53-54H,23-25,28-35H2,1-11H3,(H,67,82)(H,68,77)(H,69,80)(H,70,79)(H,83,84). The zero-order chi connectivity index (χ0) is 63.6. The van der Waals surface area contributed by atoms with Crippen molar-refractivity contribution in [1.82, 2.24) is 35.1 Å². The van der Waals surface area contributed by atoms with Gasteiger partial charge < -0.3 is 50.5 Å². The summed E-state index contributed by atoms with van der Waals surface area (Å²) in [6.45, 7) is 18.6. The Morgan fingerprint density at radius 3 is 2.16 bits per heavy atom. The van der Waals surface area contributed by atoms with Crippen molar-refractivity contribution >= 4 is 64.7 Å². The van der Waals surface area contributed by atoms with Gasteiger partial charge in [-0.05, 0) is 131 Å². The van der Waals surface area contributed by atoms with Gasteiger partial charge in [-0.25, -0.2) is 22.8 Å². The van der Waals surface area contributed by atoms with Crippen LogP contribution in [-0.2, 0) is 56.6 Å². The SMILES string of the molecule is CC1COCCN1CC1CN(C(=O)O)C(C)CN1CC(=O)N1CC(C)(C(=O)NCC(=O)Nc2ccc3c(c2)C(C(=O)Nc2c(F)cccc2F)N(C(=O)C(NC(=O)C(C)N(C)C(=O)OC(C)(C)C)C(C)(C)C)C3)c2ccc(Cc3ccc(F)cc3)cc21. The summed E-state index contributed by atoms with van der Waals surface area (Å²) in [5.74, 6) is -6.67. The van der Waals surface area contributed by atoms with Gasteiger partial charge in [0.05, 0.1) is 31.7 Å². The van der Waals surface area contributed by atoms with Crippen LogP contribution in [0.3, 0.4) is 0 Å². The highest BCUT2D eigenvalue weighted by molar-refractivity contribution is 6.05. The lowest BCUT2D eigenvalue weighted by Gasteiger charge is -2.47. The van der Waals surface area contributed by atoms with Crippen molar-refractivity contribution < 1.29 is 66.1 Å². The molecule has 4 aromatic carbocycles. The number of likely N-dealkylation sites (N-methyl/N-ethyl adjacent to an activating group) is 1. The molecule has 5 N–H and O–H groups in total. The van der Waals surface area contributed by atoms with Crippen LogP contribution in [0, 0.1) is 22.9 Å². The number of nitrogens with one attached hydrogen (secondary N) is 4. The number of fused-ring (bicyclic) bond motifs is 2. The zero-order valence-corrected chi connectivity index (χ0v) is 51.1. The molecule has 7 atom stereocenters. The van der Waals surface area contributed by atoms with Crippen LogP contribution in [0.5, 0.6) is 0 Å². The van der Waals surface area contributed by atoms with Crippen LogP contribution >= 0.6 is 0 Å². The second-order valence-electron chi connectivity index (χ2n) is 25.4. The number of anilines is 3. The Morgan fingerprint density at radius 2 is 1.52 bits per heavy atom. The topological polar surface area (TPSA) is 243 Å². The van der Waals surface area contributed by atoms with E-state index in [1.54, 1.807) is 84.6 Å². The van der Waals surface area contributed by atoms with Crippen molar-refractivity contribution in [2.24, 2.45) is 5.41 Å². The molecule has 4 aliphatic heterocycles. The third kappa shape index (κ3) is 14.8. The van der Waals surface area contributed by atoms with E-state index < -0.39 is 112 Å². The average Bonchev–Trinajstić information content (AvgIpc) is 1.66. The fourth-order valence-corrected chi connectivity index (χ4v) is 11.5. The Hall–Kier alpha value is -8.09. The van der Waals surface area contributed by atoms with Gasteiger partial charge in [0.1, 0.15) is 46.9 Å². The molecule has 21 nitrogen and oxygen atoms in total. The number of carbonyl (C=O) groups is 8. The summed E-state index contributed by atoms with van der Waals surface area (Å²) in [4.78, 5) is 122. The van der Waals surface area contributed by atoms with Crippen LogP contribution in [0.2, 0.25) is 0 Å². The first-order valence-electron chi connectivity index (χ1n) is 29.1. The second-order valence-corrected chi connectivity index (χ2v) is 25.4. The summed E-state index contributed by atoms with van der Waals surface area (Å²) >= 11 is 0. The summed E-state index contributed by atoms with van der Waals surface area (Å²) in [5.41, 5.74) is -0.773. The zero-order valence-electron chi connectivity index (χ0n) is 51.1. The second kappa shape index (κ2) is 26.1. The van der Waals surface area contributed by atoms with Gasteiger partial charge in [-0.3, -0.25) is 43.5 Å². The number of hydrogen-bond donors (Lipinski definition) is 5. The highest BCUT2D eigenvalue weighted by atomic mass is 19.1. The highest BCUT2D eigenvalue weighted by Gasteiger charge is 2.49. The molecular weight excluding hydrogens is 1130 g/mol. The average molecular weight is 1210 g/mol. The van der Waals surface area contributed by atoms with E-state index in [0.29, 0.717) is 49.5 Å². The highest BCUT2D eigenvalue weighted by Crippen LogP contribution is 2.43. The molecule has 468 valence electrons. The number of carbonyl (C=O) groups excluding carboxylic acids is 7. The third-order valence-corrected chi connectivity index (χ3v) is 16.6. The van der Waals surface area contributed by atoms with E-state index in [4.69, 9.17) is 9.47 Å². The van der Waals surface area contributed by atoms with Crippen LogP contribution < -0.4 is 26.2 Å². The molecule has 0 spiro atoms. The molecule has 4 aromatic rings. The lowest BCUT2D eigenvalue weighted by molar-refractivity contribution is -0.145. The molecule has 0 aliphatic carbocycles. The minimum Gasteiger partial charge on any atom is -0.465 e. The van der Waals surface area contributed by atoms with Crippen LogP contribution in [0.4, 0.5) is 39.8 Å². The molecule has 0 radical (unpaired) electrons. The van der Waals surface area contributed by atoms with Crippen molar-refractivity contribution in [2.45, 2.75) is 129 Å². The normalized spacial score (nSPS) is 21.2. The molecule has 0 aromatic heterocycles. The van der Waals surface area contributed by atoms with Gasteiger partial charge in [0.25, 0.3) is 5.91 Å². The van der Waals surface area contributed by atoms with E-state index in [9.17, 15) is 47.9 Å². The van der Waals surface area contributed by atoms with Gasteiger partial charge >= 0.3 is 12.2 Å². The van der Waals surface area contributed by atoms with Crippen molar-refractivity contribution in [1.29, 1.82) is 0 Å². The van der Waals surface area contributed by atoms with E-state index in [1.807, 2.05) is 24.0 Å².